The third kappa shape index (κ3) is 32.5. The van der Waals surface area contributed by atoms with Crippen LogP contribution in [0.2, 0.25) is 0 Å². The summed E-state index contributed by atoms with van der Waals surface area (Å²) in [5.41, 5.74) is 0. The van der Waals surface area contributed by atoms with Gasteiger partial charge in [0, 0.05) is 0 Å². The van der Waals surface area contributed by atoms with Crippen LogP contribution in [0.3, 0.4) is 0 Å². The molecule has 2 atom stereocenters. The molecule has 0 N–H and O–H groups in total. The van der Waals surface area contributed by atoms with Crippen molar-refractivity contribution in [1.29, 1.82) is 0 Å². The molecule has 0 radical (unpaired) electrons. The average Bonchev–Trinajstić information content (AvgIpc) is 1.87. The molecule has 0 aliphatic rings. The normalized spacial score (nSPS) is 10.5. The van der Waals surface area contributed by atoms with E-state index in [-0.39, 0.29) is 17.1 Å². The third-order valence-corrected chi connectivity index (χ3v) is 2.44. The fraction of sp³-hybridized carbons (Fsp3) is 1.00. The number of rotatable bonds is 4. The van der Waals surface area contributed by atoms with E-state index in [0.29, 0.717) is 12.3 Å². The minimum atomic E-state index is -2.10. The van der Waals surface area contributed by atoms with Crippen molar-refractivity contribution in [2.24, 2.45) is 0 Å². The van der Waals surface area contributed by atoms with Crippen molar-refractivity contribution in [3.63, 3.8) is 0 Å². The molecule has 7 heteroatoms. The first-order valence-electron chi connectivity index (χ1n) is 3.78. The predicted molar refractivity (Wildman–Crippen MR) is 45.5 cm³/mol. The first-order valence-corrected chi connectivity index (χ1v) is 6.50. The van der Waals surface area contributed by atoms with Gasteiger partial charge >= 0.3 is 33.1 Å². The van der Waals surface area contributed by atoms with Crippen LogP contribution in [0.5, 0.6) is 0 Å². The summed E-state index contributed by atoms with van der Waals surface area (Å²) in [7, 11) is -4.20. The van der Waals surface area contributed by atoms with Crippen molar-refractivity contribution in [3.05, 3.63) is 0 Å². The van der Waals surface area contributed by atoms with Crippen molar-refractivity contribution in [2.75, 3.05) is 12.3 Å². The van der Waals surface area contributed by atoms with Gasteiger partial charge in [0.25, 0.3) is 0 Å². The first kappa shape index (κ1) is 19.2. The van der Waals surface area contributed by atoms with E-state index >= 15 is 0 Å². The Hall–Kier alpha value is 0.639. The molecule has 0 bridgehead atoms. The van der Waals surface area contributed by atoms with Crippen molar-refractivity contribution in [1.82, 2.24) is 0 Å². The Morgan fingerprint density at radius 3 is 1.15 bits per heavy atom. The van der Waals surface area contributed by atoms with Gasteiger partial charge in [-0.05, 0) is 12.8 Å². The topological polar surface area (TPSA) is 80.3 Å². The van der Waals surface area contributed by atoms with Crippen LogP contribution in [0.1, 0.15) is 26.7 Å². The molecular weight excluding hydrogens is 254 g/mol. The summed E-state index contributed by atoms with van der Waals surface area (Å²) < 4.78 is 19.3. The Bertz CT molecular complexity index is 127. The van der Waals surface area contributed by atoms with Crippen molar-refractivity contribution in [3.8, 4) is 0 Å². The monoisotopic (exact) mass is 268 g/mol. The molecule has 2 unspecified atom stereocenters. The molecule has 0 aliphatic carbocycles. The van der Waals surface area contributed by atoms with Gasteiger partial charge in [-0.3, -0.25) is 0 Å². The van der Waals surface area contributed by atoms with E-state index in [4.69, 9.17) is 0 Å². The van der Waals surface area contributed by atoms with Gasteiger partial charge in [-0.25, -0.2) is 0 Å². The van der Waals surface area contributed by atoms with Gasteiger partial charge in [0.15, 0.2) is 0 Å². The van der Waals surface area contributed by atoms with E-state index in [2.05, 4.69) is 0 Å². The zero-order chi connectivity index (χ0) is 9.98. The number of hydrogen-bond acceptors (Lipinski definition) is 4. The van der Waals surface area contributed by atoms with Crippen LogP contribution in [-0.4, -0.2) is 12.3 Å². The SMILES string of the molecule is CCC[P+](=O)[O-].CCC[P+](=O)[O-].[Fe+2]. The first-order chi connectivity index (χ1) is 5.54. The van der Waals surface area contributed by atoms with Gasteiger partial charge in [-0.1, -0.05) is 23.0 Å². The van der Waals surface area contributed by atoms with E-state index in [0.717, 1.165) is 12.8 Å². The molecule has 0 aromatic heterocycles. The molecule has 4 nitrogen and oxygen atoms in total. The molecule has 0 spiro atoms. The summed E-state index contributed by atoms with van der Waals surface area (Å²) in [6.07, 6.45) is 2.13. The van der Waals surface area contributed by atoms with E-state index in [1.54, 1.807) is 0 Å². The predicted octanol–water partition coefficient (Wildman–Crippen LogP) is 0.996. The van der Waals surface area contributed by atoms with Crippen LogP contribution < -0.4 is 9.79 Å². The van der Waals surface area contributed by atoms with E-state index < -0.39 is 16.1 Å². The number of hydrogen-bond donors (Lipinski definition) is 0. The van der Waals surface area contributed by atoms with Crippen molar-refractivity contribution < 1.29 is 36.0 Å². The second kappa shape index (κ2) is 15.1. The summed E-state index contributed by atoms with van der Waals surface area (Å²) in [4.78, 5) is 19.3. The van der Waals surface area contributed by atoms with Crippen molar-refractivity contribution >= 4 is 16.1 Å². The van der Waals surface area contributed by atoms with Crippen LogP contribution in [0.4, 0.5) is 0 Å². The van der Waals surface area contributed by atoms with Crippen LogP contribution in [0.25, 0.3) is 0 Å². The fourth-order valence-corrected chi connectivity index (χ4v) is 1.10. The van der Waals surface area contributed by atoms with Crippen LogP contribution in [0.15, 0.2) is 0 Å². The Morgan fingerprint density at radius 2 is 1.15 bits per heavy atom. The molecule has 0 saturated carbocycles. The van der Waals surface area contributed by atoms with Gasteiger partial charge in [0.2, 0.25) is 0 Å². The second-order valence-corrected chi connectivity index (χ2v) is 4.34. The minimum Gasteiger partial charge on any atom is -0.596 e. The summed E-state index contributed by atoms with van der Waals surface area (Å²) >= 11 is 0. The zero-order valence-corrected chi connectivity index (χ0v) is 10.6. The van der Waals surface area contributed by atoms with Gasteiger partial charge in [-0.2, -0.15) is 0 Å². The Labute approximate surface area is 91.3 Å². The van der Waals surface area contributed by atoms with Gasteiger partial charge < -0.3 is 9.79 Å². The molecular formula is C6H14FeO4P2+2. The quantitative estimate of drug-likeness (QED) is 0.562. The third-order valence-electron chi connectivity index (χ3n) is 0.812. The Kier molecular flexibility index (Phi) is 22.4. The maximum absolute atomic E-state index is 9.64. The summed E-state index contributed by atoms with van der Waals surface area (Å²) in [6, 6.07) is 0. The molecule has 0 fully saturated rings. The van der Waals surface area contributed by atoms with Gasteiger partial charge in [-0.15, -0.1) is 0 Å². The molecule has 0 saturated heterocycles. The van der Waals surface area contributed by atoms with Crippen LogP contribution in [0, 0.1) is 0 Å². The minimum absolute atomic E-state index is 0. The zero-order valence-electron chi connectivity index (χ0n) is 7.71. The largest absolute Gasteiger partial charge is 2.00 e. The molecule has 78 valence electrons. The molecule has 0 amide bonds. The summed E-state index contributed by atoms with van der Waals surface area (Å²) in [5.74, 6) is 0. The molecule has 0 aliphatic heterocycles. The van der Waals surface area contributed by atoms with Crippen molar-refractivity contribution in [2.45, 2.75) is 26.7 Å². The van der Waals surface area contributed by atoms with Crippen LogP contribution >= 0.6 is 16.1 Å². The molecule has 0 heterocycles. The van der Waals surface area contributed by atoms with E-state index in [1.165, 1.54) is 0 Å². The van der Waals surface area contributed by atoms with E-state index in [1.807, 2.05) is 13.8 Å². The van der Waals surface area contributed by atoms with Crippen LogP contribution in [-0.2, 0) is 26.2 Å². The molecule has 0 aromatic carbocycles. The fourth-order valence-electron chi connectivity index (χ4n) is 0.365. The average molecular weight is 268 g/mol. The van der Waals surface area contributed by atoms with Gasteiger partial charge in [0.05, 0.1) is 0 Å². The second-order valence-electron chi connectivity index (χ2n) is 2.11. The summed E-state index contributed by atoms with van der Waals surface area (Å²) in [5, 5.41) is 0. The molecule has 0 aromatic rings. The summed E-state index contributed by atoms with van der Waals surface area (Å²) in [6.45, 7) is 3.68. The molecule has 0 rings (SSSR count). The maximum Gasteiger partial charge on any atom is 2.00 e. The smallest absolute Gasteiger partial charge is 0.596 e. The Morgan fingerprint density at radius 1 is 0.923 bits per heavy atom. The molecule has 13 heavy (non-hydrogen) atoms. The van der Waals surface area contributed by atoms with Gasteiger partial charge in [0.1, 0.15) is 12.3 Å². The van der Waals surface area contributed by atoms with E-state index in [9.17, 15) is 18.9 Å². The maximum atomic E-state index is 9.64. The Balaban J connectivity index is -0.000000143. The standard InChI is InChI=1S/2C3H7O2P.Fe/c2*1-2-3-6(4)5;/h2*2-3H2,1H3;/q;;+2.